The number of anilines is 3. The number of hydrogen-bond acceptors (Lipinski definition) is 9. The maximum atomic E-state index is 14.0. The van der Waals surface area contributed by atoms with Crippen molar-refractivity contribution in [2.24, 2.45) is 5.84 Å². The SMILES string of the molecule is CN(C)c1nc(N[C@H]2C[C@@H](F)[C@@H](COP(=O)(O)S)O2)c(NN)c(=O)[nH]1. The van der Waals surface area contributed by atoms with E-state index >= 15 is 0 Å². The number of nitrogens with zero attached hydrogens (tertiary/aromatic N) is 2. The lowest BCUT2D eigenvalue weighted by atomic mass is 10.2. The summed E-state index contributed by atoms with van der Waals surface area (Å²) in [6.07, 6.45) is -3.42. The zero-order valence-electron chi connectivity index (χ0n) is 13.5. The molecule has 11 nitrogen and oxygen atoms in total. The first kappa shape index (κ1) is 19.9. The minimum Gasteiger partial charge on any atom is -0.350 e. The highest BCUT2D eigenvalue weighted by Gasteiger charge is 2.37. The zero-order chi connectivity index (χ0) is 18.8. The Morgan fingerprint density at radius 3 is 2.88 bits per heavy atom. The highest BCUT2D eigenvalue weighted by atomic mass is 32.7. The van der Waals surface area contributed by atoms with Gasteiger partial charge in [0.15, 0.2) is 11.5 Å². The Kier molecular flexibility index (Phi) is 6.30. The highest BCUT2D eigenvalue weighted by molar-refractivity contribution is 8.44. The van der Waals surface area contributed by atoms with Gasteiger partial charge in [0.25, 0.3) is 5.56 Å². The minimum absolute atomic E-state index is 0.0421. The van der Waals surface area contributed by atoms with Gasteiger partial charge in [-0.05, 0) is 0 Å². The molecule has 1 aliphatic heterocycles. The fourth-order valence-corrected chi connectivity index (χ4v) is 2.72. The summed E-state index contributed by atoms with van der Waals surface area (Å²) in [5.74, 6) is 5.68. The lowest BCUT2D eigenvalue weighted by Crippen LogP contribution is -2.29. The minimum atomic E-state index is -4.03. The third kappa shape index (κ3) is 5.30. The number of nitrogen functional groups attached to an aromatic ring is 1. The first-order valence-corrected chi connectivity index (χ1v) is 9.88. The van der Waals surface area contributed by atoms with Crippen LogP contribution in [0.25, 0.3) is 0 Å². The number of halogens is 1. The van der Waals surface area contributed by atoms with Gasteiger partial charge in [0, 0.05) is 20.5 Å². The molecule has 0 saturated carbocycles. The molecule has 1 saturated heterocycles. The Bertz CT molecular complexity index is 715. The van der Waals surface area contributed by atoms with Gasteiger partial charge < -0.3 is 25.3 Å². The number of thiol groups is 1. The van der Waals surface area contributed by atoms with Gasteiger partial charge in [0.2, 0.25) is 5.95 Å². The Balaban J connectivity index is 2.12. The molecule has 0 amide bonds. The van der Waals surface area contributed by atoms with Crippen LogP contribution in [0.4, 0.5) is 21.8 Å². The number of hydrazine groups is 1. The summed E-state index contributed by atoms with van der Waals surface area (Å²) in [5.41, 5.74) is 1.67. The molecule has 0 radical (unpaired) electrons. The van der Waals surface area contributed by atoms with Gasteiger partial charge >= 0.3 is 6.80 Å². The van der Waals surface area contributed by atoms with E-state index in [1.165, 1.54) is 0 Å². The van der Waals surface area contributed by atoms with Crippen LogP contribution in [-0.4, -0.2) is 54.1 Å². The molecular weight excluding hydrogens is 378 g/mol. The monoisotopic (exact) mass is 398 g/mol. The third-order valence-corrected chi connectivity index (χ3v) is 4.19. The van der Waals surface area contributed by atoms with E-state index in [0.29, 0.717) is 0 Å². The van der Waals surface area contributed by atoms with Crippen LogP contribution in [0.1, 0.15) is 6.42 Å². The predicted molar refractivity (Wildman–Crippen MR) is 93.6 cm³/mol. The molecule has 1 unspecified atom stereocenters. The second kappa shape index (κ2) is 7.89. The number of aromatic amines is 1. The standard InChI is InChI=1S/C11H20FN6O5PS/c1-18(2)11-15-9(8(17-13)10(19)16-11)14-7-3-5(12)6(23-7)4-22-24(20,21)25/h5-7,17H,3-4,13H2,1-2H3,(H2,20,21,25)(H2,14,15,16,19)/t5-,6-,7-/m1/s1. The van der Waals surface area contributed by atoms with Crippen LogP contribution >= 0.6 is 19.0 Å². The molecule has 2 rings (SSSR count). The van der Waals surface area contributed by atoms with Gasteiger partial charge in [-0.3, -0.25) is 20.1 Å². The van der Waals surface area contributed by atoms with E-state index < -0.39 is 37.5 Å². The van der Waals surface area contributed by atoms with Crippen LogP contribution in [0.3, 0.4) is 0 Å². The van der Waals surface area contributed by atoms with Crippen molar-refractivity contribution < 1.29 is 23.1 Å². The summed E-state index contributed by atoms with van der Waals surface area (Å²) in [7, 11) is 3.36. The van der Waals surface area contributed by atoms with Crippen LogP contribution in [0, 0.1) is 0 Å². The summed E-state index contributed by atoms with van der Waals surface area (Å²) in [5, 5.41) is 2.79. The Labute approximate surface area is 147 Å². The first-order chi connectivity index (χ1) is 11.6. The maximum absolute atomic E-state index is 14.0. The molecule has 1 aromatic rings. The molecule has 0 aliphatic carbocycles. The van der Waals surface area contributed by atoms with Crippen molar-refractivity contribution in [1.29, 1.82) is 0 Å². The van der Waals surface area contributed by atoms with Crippen molar-refractivity contribution in [3.63, 3.8) is 0 Å². The number of nitrogens with two attached hydrogens (primary N) is 1. The highest BCUT2D eigenvalue weighted by Crippen LogP contribution is 2.47. The fourth-order valence-electron chi connectivity index (χ4n) is 2.18. The Morgan fingerprint density at radius 1 is 1.64 bits per heavy atom. The van der Waals surface area contributed by atoms with E-state index in [1.807, 2.05) is 0 Å². The molecule has 2 heterocycles. The fraction of sp³-hybridized carbons (Fsp3) is 0.636. The number of rotatable bonds is 7. The molecule has 25 heavy (non-hydrogen) atoms. The van der Waals surface area contributed by atoms with Crippen molar-refractivity contribution in [2.75, 3.05) is 36.3 Å². The average molecular weight is 398 g/mol. The molecule has 0 bridgehead atoms. The molecule has 4 atom stereocenters. The molecule has 142 valence electrons. The van der Waals surface area contributed by atoms with E-state index in [0.717, 1.165) is 0 Å². The Hall–Kier alpha value is -1.37. The second-order valence-corrected chi connectivity index (χ2v) is 8.25. The lowest BCUT2D eigenvalue weighted by Gasteiger charge is -2.19. The van der Waals surface area contributed by atoms with Crippen LogP contribution in [0.2, 0.25) is 0 Å². The van der Waals surface area contributed by atoms with Crippen molar-refractivity contribution in [2.45, 2.75) is 24.9 Å². The van der Waals surface area contributed by atoms with E-state index in [-0.39, 0.29) is 23.9 Å². The zero-order valence-corrected chi connectivity index (χ0v) is 15.3. The summed E-state index contributed by atoms with van der Waals surface area (Å²) in [6.45, 7) is -4.47. The predicted octanol–water partition coefficient (Wildman–Crippen LogP) is 0.0333. The van der Waals surface area contributed by atoms with Gasteiger partial charge in [-0.25, -0.2) is 8.96 Å². The van der Waals surface area contributed by atoms with Gasteiger partial charge in [-0.2, -0.15) is 4.98 Å². The van der Waals surface area contributed by atoms with Gasteiger partial charge in [0.05, 0.1) is 6.61 Å². The molecule has 6 N–H and O–H groups in total. The van der Waals surface area contributed by atoms with E-state index in [9.17, 15) is 13.8 Å². The molecule has 0 aromatic carbocycles. The van der Waals surface area contributed by atoms with Crippen LogP contribution in [-0.2, 0) is 13.8 Å². The van der Waals surface area contributed by atoms with Crippen molar-refractivity contribution in [1.82, 2.24) is 9.97 Å². The van der Waals surface area contributed by atoms with Gasteiger partial charge in [-0.15, -0.1) is 0 Å². The maximum Gasteiger partial charge on any atom is 0.383 e. The van der Waals surface area contributed by atoms with Crippen LogP contribution < -0.4 is 27.0 Å². The molecule has 1 aliphatic rings. The number of hydrogen-bond donors (Lipinski definition) is 6. The number of H-pyrrole nitrogens is 1. The third-order valence-electron chi connectivity index (χ3n) is 3.36. The van der Waals surface area contributed by atoms with Gasteiger partial charge in [-0.1, -0.05) is 12.2 Å². The largest absolute Gasteiger partial charge is 0.383 e. The normalized spacial score (nSPS) is 25.4. The van der Waals surface area contributed by atoms with Gasteiger partial charge in [0.1, 0.15) is 18.5 Å². The molecule has 1 fully saturated rings. The second-order valence-electron chi connectivity index (χ2n) is 5.50. The number of aromatic nitrogens is 2. The average Bonchev–Trinajstić information content (AvgIpc) is 2.84. The number of nitrogens with one attached hydrogen (secondary N) is 3. The molecular formula is C11H20FN6O5PS. The summed E-state index contributed by atoms with van der Waals surface area (Å²) in [6, 6.07) is 0. The van der Waals surface area contributed by atoms with Crippen LogP contribution in [0.15, 0.2) is 4.79 Å². The summed E-state index contributed by atoms with van der Waals surface area (Å²) >= 11 is 3.35. The molecule has 14 heteroatoms. The molecule has 0 spiro atoms. The van der Waals surface area contributed by atoms with E-state index in [2.05, 4.69) is 37.5 Å². The van der Waals surface area contributed by atoms with Crippen molar-refractivity contribution in [3.05, 3.63) is 10.4 Å². The van der Waals surface area contributed by atoms with Crippen molar-refractivity contribution in [3.8, 4) is 0 Å². The lowest BCUT2D eigenvalue weighted by molar-refractivity contribution is 0.00934. The smallest absolute Gasteiger partial charge is 0.350 e. The van der Waals surface area contributed by atoms with Crippen LogP contribution in [0.5, 0.6) is 0 Å². The van der Waals surface area contributed by atoms with Crippen molar-refractivity contribution >= 4 is 36.5 Å². The summed E-state index contributed by atoms with van der Waals surface area (Å²) in [4.78, 5) is 29.3. The molecule has 1 aromatic heterocycles. The summed E-state index contributed by atoms with van der Waals surface area (Å²) < 4.78 is 35.0. The number of ether oxygens (including phenoxy) is 1. The van der Waals surface area contributed by atoms with E-state index in [4.69, 9.17) is 15.5 Å². The topological polar surface area (TPSA) is 155 Å². The number of alkyl halides is 1. The van der Waals surface area contributed by atoms with E-state index in [1.54, 1.807) is 19.0 Å². The Morgan fingerprint density at radius 2 is 2.32 bits per heavy atom. The quantitative estimate of drug-likeness (QED) is 0.160. The first-order valence-electron chi connectivity index (χ1n) is 7.15.